The van der Waals surface area contributed by atoms with Gasteiger partial charge in [0.15, 0.2) is 5.02 Å². The molecule has 1 aromatic carbocycles. The Bertz CT molecular complexity index is 566. The van der Waals surface area contributed by atoms with Crippen LogP contribution in [-0.4, -0.2) is 14.7 Å². The van der Waals surface area contributed by atoms with Crippen molar-refractivity contribution < 1.29 is 4.92 Å². The van der Waals surface area contributed by atoms with E-state index in [1.807, 2.05) is 31.2 Å². The van der Waals surface area contributed by atoms with E-state index in [9.17, 15) is 10.1 Å². The highest BCUT2D eigenvalue weighted by Crippen LogP contribution is 2.21. The molecule has 2 rings (SSSR count). The molecular formula is C11H10ClN3O2. The van der Waals surface area contributed by atoms with Gasteiger partial charge in [-0.2, -0.15) is 4.68 Å². The average molecular weight is 252 g/mol. The summed E-state index contributed by atoms with van der Waals surface area (Å²) in [6.45, 7) is 2.46. The molecule has 0 spiro atoms. The van der Waals surface area contributed by atoms with Gasteiger partial charge in [0.25, 0.3) is 0 Å². The van der Waals surface area contributed by atoms with E-state index >= 15 is 0 Å². The van der Waals surface area contributed by atoms with E-state index in [4.69, 9.17) is 11.6 Å². The smallest absolute Gasteiger partial charge is 0.358 e. The lowest BCUT2D eigenvalue weighted by Crippen LogP contribution is -2.01. The Morgan fingerprint density at radius 3 is 2.88 bits per heavy atom. The summed E-state index contributed by atoms with van der Waals surface area (Å²) >= 11 is 5.71. The number of hydrogen-bond acceptors (Lipinski definition) is 3. The number of halogens is 1. The summed E-state index contributed by atoms with van der Waals surface area (Å²) < 4.78 is 1.47. The molecule has 0 saturated carbocycles. The Hall–Kier alpha value is -1.88. The molecule has 0 atom stereocenters. The molecule has 0 bridgehead atoms. The number of nitrogens with zero attached hydrogens (tertiary/aromatic N) is 3. The van der Waals surface area contributed by atoms with Gasteiger partial charge in [-0.1, -0.05) is 41.4 Å². The predicted octanol–water partition coefficient (Wildman–Crippen LogP) is 2.80. The van der Waals surface area contributed by atoms with Gasteiger partial charge in [0.2, 0.25) is 0 Å². The van der Waals surface area contributed by atoms with Crippen molar-refractivity contribution in [3.63, 3.8) is 0 Å². The quantitative estimate of drug-likeness (QED) is 0.622. The monoisotopic (exact) mass is 251 g/mol. The Balaban J connectivity index is 2.25. The van der Waals surface area contributed by atoms with E-state index in [0.29, 0.717) is 6.54 Å². The fourth-order valence-corrected chi connectivity index (χ4v) is 1.81. The number of nitro groups is 1. The maximum atomic E-state index is 10.6. The minimum atomic E-state index is -0.588. The van der Waals surface area contributed by atoms with Crippen molar-refractivity contribution >= 4 is 17.4 Å². The van der Waals surface area contributed by atoms with Crippen LogP contribution in [0, 0.1) is 17.0 Å². The van der Waals surface area contributed by atoms with E-state index in [0.717, 1.165) is 11.1 Å². The number of aryl methyl sites for hydroxylation is 1. The average Bonchev–Trinajstić information content (AvgIpc) is 2.59. The molecule has 0 unspecified atom stereocenters. The second-order valence-electron chi connectivity index (χ2n) is 3.74. The third-order valence-electron chi connectivity index (χ3n) is 2.30. The number of aromatic nitrogens is 2. The largest absolute Gasteiger partial charge is 0.408 e. The van der Waals surface area contributed by atoms with Crippen molar-refractivity contribution in [3.8, 4) is 0 Å². The van der Waals surface area contributed by atoms with Crippen molar-refractivity contribution in [3.05, 3.63) is 56.7 Å². The van der Waals surface area contributed by atoms with Crippen LogP contribution in [0.15, 0.2) is 30.5 Å². The first-order valence-corrected chi connectivity index (χ1v) is 5.37. The molecule has 0 aliphatic heterocycles. The van der Waals surface area contributed by atoms with Gasteiger partial charge >= 0.3 is 5.82 Å². The Morgan fingerprint density at radius 1 is 1.53 bits per heavy atom. The maximum absolute atomic E-state index is 10.6. The lowest BCUT2D eigenvalue weighted by atomic mass is 10.1. The fourth-order valence-electron chi connectivity index (χ4n) is 1.59. The highest BCUT2D eigenvalue weighted by atomic mass is 35.5. The minimum absolute atomic E-state index is 0.0580. The molecule has 1 heterocycles. The van der Waals surface area contributed by atoms with Gasteiger partial charge in [-0.3, -0.25) is 0 Å². The zero-order chi connectivity index (χ0) is 12.4. The lowest BCUT2D eigenvalue weighted by molar-refractivity contribution is -0.389. The van der Waals surface area contributed by atoms with Gasteiger partial charge in [0, 0.05) is 0 Å². The van der Waals surface area contributed by atoms with Crippen LogP contribution in [0.4, 0.5) is 5.82 Å². The summed E-state index contributed by atoms with van der Waals surface area (Å²) in [4.78, 5) is 10.00. The third kappa shape index (κ3) is 2.62. The van der Waals surface area contributed by atoms with Crippen LogP contribution < -0.4 is 0 Å². The molecule has 0 amide bonds. The van der Waals surface area contributed by atoms with Gasteiger partial charge in [-0.05, 0) is 17.4 Å². The third-order valence-corrected chi connectivity index (χ3v) is 2.57. The van der Waals surface area contributed by atoms with Gasteiger partial charge in [0.05, 0.1) is 17.8 Å². The standard InChI is InChI=1S/C11H10ClN3O2/c1-8-3-2-4-9(5-8)6-14-7-10(12)11(13-14)15(16)17/h2-5,7H,6H2,1H3. The van der Waals surface area contributed by atoms with E-state index in [1.54, 1.807) is 0 Å². The highest BCUT2D eigenvalue weighted by Gasteiger charge is 2.18. The fraction of sp³-hybridized carbons (Fsp3) is 0.182. The summed E-state index contributed by atoms with van der Waals surface area (Å²) in [5, 5.41) is 14.5. The van der Waals surface area contributed by atoms with Crippen LogP contribution >= 0.6 is 11.6 Å². The minimum Gasteiger partial charge on any atom is -0.358 e. The Kier molecular flexibility index (Phi) is 3.10. The maximum Gasteiger partial charge on any atom is 0.408 e. The molecule has 0 aliphatic rings. The van der Waals surface area contributed by atoms with Crippen LogP contribution in [-0.2, 0) is 6.54 Å². The van der Waals surface area contributed by atoms with Crippen molar-refractivity contribution in [2.75, 3.05) is 0 Å². The van der Waals surface area contributed by atoms with Crippen LogP contribution in [0.1, 0.15) is 11.1 Å². The van der Waals surface area contributed by atoms with Crippen LogP contribution in [0.2, 0.25) is 5.02 Å². The summed E-state index contributed by atoms with van der Waals surface area (Å²) in [6, 6.07) is 7.86. The molecule has 0 saturated heterocycles. The summed E-state index contributed by atoms with van der Waals surface area (Å²) in [5.41, 5.74) is 2.16. The molecule has 17 heavy (non-hydrogen) atoms. The Labute approximate surface area is 103 Å². The summed E-state index contributed by atoms with van der Waals surface area (Å²) in [7, 11) is 0. The van der Waals surface area contributed by atoms with E-state index in [2.05, 4.69) is 5.10 Å². The van der Waals surface area contributed by atoms with E-state index in [1.165, 1.54) is 10.9 Å². The van der Waals surface area contributed by atoms with Gasteiger partial charge in [-0.15, -0.1) is 0 Å². The summed E-state index contributed by atoms with van der Waals surface area (Å²) in [5.74, 6) is -0.306. The van der Waals surface area contributed by atoms with Crippen LogP contribution in [0.5, 0.6) is 0 Å². The normalized spacial score (nSPS) is 10.5. The topological polar surface area (TPSA) is 61.0 Å². The lowest BCUT2D eigenvalue weighted by Gasteiger charge is -1.99. The van der Waals surface area contributed by atoms with Crippen molar-refractivity contribution in [2.45, 2.75) is 13.5 Å². The first-order valence-electron chi connectivity index (χ1n) is 4.99. The molecular weight excluding hydrogens is 242 g/mol. The molecule has 0 fully saturated rings. The molecule has 0 aliphatic carbocycles. The second kappa shape index (κ2) is 4.55. The second-order valence-corrected chi connectivity index (χ2v) is 4.15. The molecule has 1 aromatic heterocycles. The molecule has 6 heteroatoms. The zero-order valence-electron chi connectivity index (χ0n) is 9.13. The molecule has 0 radical (unpaired) electrons. The van der Waals surface area contributed by atoms with Crippen molar-refractivity contribution in [1.29, 1.82) is 0 Å². The number of hydrogen-bond donors (Lipinski definition) is 0. The molecule has 5 nitrogen and oxygen atoms in total. The molecule has 88 valence electrons. The van der Waals surface area contributed by atoms with Crippen LogP contribution in [0.25, 0.3) is 0 Å². The van der Waals surface area contributed by atoms with Gasteiger partial charge < -0.3 is 10.1 Å². The van der Waals surface area contributed by atoms with E-state index in [-0.39, 0.29) is 10.8 Å². The van der Waals surface area contributed by atoms with Gasteiger partial charge in [-0.25, -0.2) is 0 Å². The first kappa shape index (κ1) is 11.6. The Morgan fingerprint density at radius 2 is 2.29 bits per heavy atom. The van der Waals surface area contributed by atoms with Crippen LogP contribution in [0.3, 0.4) is 0 Å². The summed E-state index contributed by atoms with van der Waals surface area (Å²) in [6.07, 6.45) is 1.46. The highest BCUT2D eigenvalue weighted by molar-refractivity contribution is 6.32. The van der Waals surface area contributed by atoms with Crippen molar-refractivity contribution in [1.82, 2.24) is 9.78 Å². The SMILES string of the molecule is Cc1cccc(Cn2cc(Cl)c([N+](=O)[O-])n2)c1. The number of benzene rings is 1. The first-order chi connectivity index (χ1) is 8.06. The number of rotatable bonds is 3. The molecule has 0 N–H and O–H groups in total. The van der Waals surface area contributed by atoms with Crippen molar-refractivity contribution in [2.24, 2.45) is 0 Å². The molecule has 2 aromatic rings. The predicted molar refractivity (Wildman–Crippen MR) is 64.2 cm³/mol. The van der Waals surface area contributed by atoms with E-state index < -0.39 is 4.92 Å². The zero-order valence-corrected chi connectivity index (χ0v) is 9.89. The van der Waals surface area contributed by atoms with Gasteiger partial charge in [0.1, 0.15) is 0 Å².